The standard InChI is InChI=1S/C23H27N3O5.C7H17N.2C2H6/c1-16(27)9-14-21(17(2)28)25-22(29)24-19-12-10-18(11-13-19)15-31-23(30)26(3)20-7-5-4-6-8-20;1-4-6-8(3)7-5-2;2*1-2/h4-8,10-13,21H,9,14-15H2,1-3H3,(H2,24,25,29);4-7H2,1-3H3;2*1-2H3. The molecule has 0 aromatic heterocycles. The molecule has 0 aliphatic heterocycles. The number of hydrogen-bond donors (Lipinski definition) is 2. The molecule has 0 heterocycles. The molecule has 1 unspecified atom stereocenters. The smallest absolute Gasteiger partial charge is 0.414 e. The summed E-state index contributed by atoms with van der Waals surface area (Å²) in [6.45, 7) is 17.8. The number of carbonyl (C=O) groups excluding carboxylic acids is 4. The molecule has 0 fully saturated rings. The molecule has 0 radical (unpaired) electrons. The molecule has 0 bridgehead atoms. The maximum absolute atomic E-state index is 12.2. The van der Waals surface area contributed by atoms with E-state index < -0.39 is 18.2 Å². The average Bonchev–Trinajstić information content (AvgIpc) is 3.01. The summed E-state index contributed by atoms with van der Waals surface area (Å²) in [6, 6.07) is 14.7. The highest BCUT2D eigenvalue weighted by atomic mass is 16.6. The number of ketones is 2. The highest BCUT2D eigenvalue weighted by Gasteiger charge is 2.17. The molecule has 43 heavy (non-hydrogen) atoms. The van der Waals surface area contributed by atoms with Gasteiger partial charge in [0.15, 0.2) is 5.78 Å². The van der Waals surface area contributed by atoms with Crippen LogP contribution in [0.15, 0.2) is 54.6 Å². The molecular formula is C34H56N4O5. The minimum Gasteiger partial charge on any atom is -0.444 e. The van der Waals surface area contributed by atoms with Gasteiger partial charge < -0.3 is 25.1 Å². The average molecular weight is 601 g/mol. The Morgan fingerprint density at radius 3 is 1.81 bits per heavy atom. The summed E-state index contributed by atoms with van der Waals surface area (Å²) < 4.78 is 5.31. The molecule has 2 rings (SSSR count). The van der Waals surface area contributed by atoms with Crippen molar-refractivity contribution in [2.75, 3.05) is 37.4 Å². The van der Waals surface area contributed by atoms with Gasteiger partial charge in [-0.15, -0.1) is 0 Å². The van der Waals surface area contributed by atoms with Gasteiger partial charge in [0.05, 0.1) is 6.04 Å². The number of urea groups is 1. The SMILES string of the molecule is CC.CC.CC(=O)CCC(NC(=O)Nc1ccc(COC(=O)N(C)c2ccccc2)cc1)C(C)=O.CCCN(C)CCC. The second-order valence-electron chi connectivity index (χ2n) is 9.45. The molecule has 0 saturated carbocycles. The van der Waals surface area contributed by atoms with E-state index in [0.29, 0.717) is 5.69 Å². The van der Waals surface area contributed by atoms with Crippen LogP contribution in [0.3, 0.4) is 0 Å². The number of para-hydroxylation sites is 1. The van der Waals surface area contributed by atoms with Crippen molar-refractivity contribution in [3.8, 4) is 0 Å². The van der Waals surface area contributed by atoms with E-state index >= 15 is 0 Å². The Bertz CT molecular complexity index is 1020. The maximum atomic E-state index is 12.2. The molecule has 2 aromatic rings. The van der Waals surface area contributed by atoms with Gasteiger partial charge in [0, 0.05) is 24.8 Å². The van der Waals surface area contributed by atoms with E-state index in [1.54, 1.807) is 31.3 Å². The second kappa shape index (κ2) is 25.9. The highest BCUT2D eigenvalue weighted by Crippen LogP contribution is 2.14. The van der Waals surface area contributed by atoms with Gasteiger partial charge in [0.25, 0.3) is 0 Å². The summed E-state index contributed by atoms with van der Waals surface area (Å²) >= 11 is 0. The van der Waals surface area contributed by atoms with E-state index in [-0.39, 0.29) is 31.0 Å². The zero-order valence-corrected chi connectivity index (χ0v) is 28.2. The van der Waals surface area contributed by atoms with Crippen LogP contribution in [0.1, 0.15) is 86.6 Å². The van der Waals surface area contributed by atoms with Crippen LogP contribution in [-0.4, -0.2) is 61.8 Å². The lowest BCUT2D eigenvalue weighted by Crippen LogP contribution is -2.42. The Labute approximate surface area is 260 Å². The number of benzene rings is 2. The molecule has 0 spiro atoms. The van der Waals surface area contributed by atoms with Crippen molar-refractivity contribution < 1.29 is 23.9 Å². The molecule has 9 nitrogen and oxygen atoms in total. The summed E-state index contributed by atoms with van der Waals surface area (Å²) in [7, 11) is 3.81. The van der Waals surface area contributed by atoms with Crippen molar-refractivity contribution in [1.29, 1.82) is 0 Å². The molecule has 0 aliphatic rings. The molecular weight excluding hydrogens is 544 g/mol. The number of hydrogen-bond acceptors (Lipinski definition) is 6. The van der Waals surface area contributed by atoms with Crippen LogP contribution in [0.2, 0.25) is 0 Å². The lowest BCUT2D eigenvalue weighted by atomic mass is 10.1. The first-order valence-electron chi connectivity index (χ1n) is 15.4. The Balaban J connectivity index is 0. The van der Waals surface area contributed by atoms with Crippen molar-refractivity contribution in [2.45, 2.75) is 93.7 Å². The van der Waals surface area contributed by atoms with E-state index in [0.717, 1.165) is 11.3 Å². The van der Waals surface area contributed by atoms with E-state index in [1.807, 2.05) is 58.0 Å². The van der Waals surface area contributed by atoms with E-state index in [1.165, 1.54) is 44.7 Å². The Hall–Kier alpha value is -3.72. The number of nitrogens with zero attached hydrogens (tertiary/aromatic N) is 2. The van der Waals surface area contributed by atoms with Crippen LogP contribution in [0.25, 0.3) is 0 Å². The van der Waals surface area contributed by atoms with Crippen molar-refractivity contribution >= 4 is 35.1 Å². The summed E-state index contributed by atoms with van der Waals surface area (Å²) in [5, 5.41) is 5.22. The van der Waals surface area contributed by atoms with Gasteiger partial charge >= 0.3 is 12.1 Å². The molecule has 242 valence electrons. The van der Waals surface area contributed by atoms with Crippen molar-refractivity contribution in [3.63, 3.8) is 0 Å². The van der Waals surface area contributed by atoms with Crippen LogP contribution in [0.5, 0.6) is 0 Å². The first kappa shape index (κ1) is 41.4. The number of Topliss-reactive ketones (excluding diaryl/α,β-unsaturated/α-hetero) is 2. The normalized spacial score (nSPS) is 10.3. The van der Waals surface area contributed by atoms with Crippen molar-refractivity contribution in [3.05, 3.63) is 60.2 Å². The number of ether oxygens (including phenoxy) is 1. The van der Waals surface area contributed by atoms with Crippen molar-refractivity contribution in [2.24, 2.45) is 0 Å². The number of amides is 3. The molecule has 3 amide bonds. The molecule has 9 heteroatoms. The van der Waals surface area contributed by atoms with Crippen molar-refractivity contribution in [1.82, 2.24) is 10.2 Å². The third-order valence-corrected chi connectivity index (χ3v) is 5.78. The quantitative estimate of drug-likeness (QED) is 0.244. The fourth-order valence-corrected chi connectivity index (χ4v) is 3.61. The third kappa shape index (κ3) is 19.9. The van der Waals surface area contributed by atoms with Crippen LogP contribution >= 0.6 is 0 Å². The second-order valence-corrected chi connectivity index (χ2v) is 9.45. The van der Waals surface area contributed by atoms with Gasteiger partial charge in [-0.2, -0.15) is 0 Å². The predicted molar refractivity (Wildman–Crippen MR) is 179 cm³/mol. The predicted octanol–water partition coefficient (Wildman–Crippen LogP) is 7.70. The van der Waals surface area contributed by atoms with Crippen LogP contribution in [0.4, 0.5) is 21.0 Å². The number of carbonyl (C=O) groups is 4. The Morgan fingerprint density at radius 2 is 1.35 bits per heavy atom. The largest absolute Gasteiger partial charge is 0.444 e. The first-order valence-corrected chi connectivity index (χ1v) is 15.4. The molecule has 2 aromatic carbocycles. The number of rotatable bonds is 13. The molecule has 0 saturated heterocycles. The van der Waals surface area contributed by atoms with Gasteiger partial charge in [-0.05, 0) is 83.1 Å². The van der Waals surface area contributed by atoms with Gasteiger partial charge in [0.2, 0.25) is 0 Å². The third-order valence-electron chi connectivity index (χ3n) is 5.78. The first-order chi connectivity index (χ1) is 20.6. The van der Waals surface area contributed by atoms with Gasteiger partial charge in [-0.25, -0.2) is 9.59 Å². The van der Waals surface area contributed by atoms with Gasteiger partial charge in [0.1, 0.15) is 12.4 Å². The number of anilines is 2. The molecule has 1 atom stereocenters. The minimum atomic E-state index is -0.718. The fraction of sp³-hybridized carbons (Fsp3) is 0.529. The monoisotopic (exact) mass is 600 g/mol. The maximum Gasteiger partial charge on any atom is 0.414 e. The fourth-order valence-electron chi connectivity index (χ4n) is 3.61. The zero-order valence-electron chi connectivity index (χ0n) is 28.2. The van der Waals surface area contributed by atoms with E-state index in [4.69, 9.17) is 4.74 Å². The summed E-state index contributed by atoms with van der Waals surface area (Å²) in [6.07, 6.45) is 2.55. The highest BCUT2D eigenvalue weighted by molar-refractivity contribution is 5.94. The summed E-state index contributed by atoms with van der Waals surface area (Å²) in [4.78, 5) is 50.9. The lowest BCUT2D eigenvalue weighted by molar-refractivity contribution is -0.119. The van der Waals surface area contributed by atoms with Gasteiger partial charge in [-0.3, -0.25) is 9.69 Å². The van der Waals surface area contributed by atoms with Crippen LogP contribution in [0, 0.1) is 0 Å². The van der Waals surface area contributed by atoms with Gasteiger partial charge in [-0.1, -0.05) is 71.9 Å². The Kier molecular flexibility index (Phi) is 25.0. The van der Waals surface area contributed by atoms with E-state index in [9.17, 15) is 19.2 Å². The zero-order chi connectivity index (χ0) is 33.2. The minimum absolute atomic E-state index is 0.0419. The van der Waals surface area contributed by atoms with Crippen LogP contribution in [-0.2, 0) is 20.9 Å². The number of nitrogens with one attached hydrogen (secondary N) is 2. The molecule has 0 aliphatic carbocycles. The summed E-state index contributed by atoms with van der Waals surface area (Å²) in [5.41, 5.74) is 2.00. The Morgan fingerprint density at radius 1 is 0.814 bits per heavy atom. The summed E-state index contributed by atoms with van der Waals surface area (Å²) in [5.74, 6) is -0.256. The topological polar surface area (TPSA) is 108 Å². The van der Waals surface area contributed by atoms with E-state index in [2.05, 4.69) is 36.4 Å². The molecule has 2 N–H and O–H groups in total. The van der Waals surface area contributed by atoms with Crippen LogP contribution < -0.4 is 15.5 Å². The lowest BCUT2D eigenvalue weighted by Gasteiger charge is -2.17.